The summed E-state index contributed by atoms with van der Waals surface area (Å²) in [6, 6.07) is 6.89. The smallest absolute Gasteiger partial charge is 0.230 e. The fourth-order valence-corrected chi connectivity index (χ4v) is 3.14. The maximum absolute atomic E-state index is 12.8. The molecule has 0 bridgehead atoms. The second-order valence-corrected chi connectivity index (χ2v) is 5.49. The summed E-state index contributed by atoms with van der Waals surface area (Å²) in [4.78, 5) is 14.6. The zero-order valence-electron chi connectivity index (χ0n) is 12.1. The number of carbonyl (C=O) groups excluding carboxylic acids is 1. The quantitative estimate of drug-likeness (QED) is 0.888. The van der Waals surface area contributed by atoms with Crippen LogP contribution >= 0.6 is 0 Å². The summed E-state index contributed by atoms with van der Waals surface area (Å²) >= 11 is 0. The topological polar surface area (TPSA) is 66.6 Å². The fourth-order valence-electron chi connectivity index (χ4n) is 3.14. The molecule has 1 fully saturated rings. The van der Waals surface area contributed by atoms with Crippen LogP contribution in [0.15, 0.2) is 24.3 Å². The molecule has 0 spiro atoms. The lowest BCUT2D eigenvalue weighted by Crippen LogP contribution is -2.42. The molecule has 0 radical (unpaired) electrons. The average Bonchev–Trinajstić information content (AvgIpc) is 2.48. The second-order valence-electron chi connectivity index (χ2n) is 5.49. The van der Waals surface area contributed by atoms with E-state index in [1.54, 1.807) is 23.1 Å². The summed E-state index contributed by atoms with van der Waals surface area (Å²) in [6.07, 6.45) is 4.24. The molecule has 4 heteroatoms. The van der Waals surface area contributed by atoms with Gasteiger partial charge in [-0.1, -0.05) is 18.9 Å². The number of phenols is 1. The van der Waals surface area contributed by atoms with Crippen LogP contribution in [0, 0.1) is 11.8 Å². The van der Waals surface area contributed by atoms with Crippen molar-refractivity contribution in [2.45, 2.75) is 32.6 Å². The van der Waals surface area contributed by atoms with Crippen molar-refractivity contribution >= 4 is 11.6 Å². The van der Waals surface area contributed by atoms with E-state index in [1.165, 1.54) is 6.42 Å². The molecule has 1 aromatic rings. The van der Waals surface area contributed by atoms with Gasteiger partial charge in [-0.3, -0.25) is 4.79 Å². The highest BCUT2D eigenvalue weighted by Gasteiger charge is 2.33. The van der Waals surface area contributed by atoms with Gasteiger partial charge in [-0.25, -0.2) is 0 Å². The van der Waals surface area contributed by atoms with Gasteiger partial charge in [0.05, 0.1) is 0 Å². The summed E-state index contributed by atoms with van der Waals surface area (Å²) in [7, 11) is 0. The molecule has 1 amide bonds. The van der Waals surface area contributed by atoms with E-state index in [2.05, 4.69) is 0 Å². The lowest BCUT2D eigenvalue weighted by atomic mass is 9.78. The molecule has 1 saturated carbocycles. The van der Waals surface area contributed by atoms with E-state index in [9.17, 15) is 9.90 Å². The van der Waals surface area contributed by atoms with Crippen LogP contribution in [0.5, 0.6) is 5.75 Å². The third-order valence-electron chi connectivity index (χ3n) is 4.25. The lowest BCUT2D eigenvalue weighted by Gasteiger charge is -2.33. The number of phenolic OH excluding ortho intramolecular Hbond substituents is 1. The summed E-state index contributed by atoms with van der Waals surface area (Å²) < 4.78 is 0. The zero-order valence-corrected chi connectivity index (χ0v) is 12.1. The van der Waals surface area contributed by atoms with Gasteiger partial charge in [0.15, 0.2) is 0 Å². The van der Waals surface area contributed by atoms with E-state index in [1.807, 2.05) is 13.0 Å². The molecule has 4 nitrogen and oxygen atoms in total. The number of rotatable bonds is 4. The van der Waals surface area contributed by atoms with E-state index < -0.39 is 0 Å². The Morgan fingerprint density at radius 3 is 2.80 bits per heavy atom. The monoisotopic (exact) mass is 276 g/mol. The fraction of sp³-hybridized carbons (Fsp3) is 0.562. The van der Waals surface area contributed by atoms with E-state index in [-0.39, 0.29) is 17.6 Å². The maximum atomic E-state index is 12.8. The molecule has 110 valence electrons. The number of anilines is 1. The Morgan fingerprint density at radius 2 is 2.15 bits per heavy atom. The predicted molar refractivity (Wildman–Crippen MR) is 80.6 cm³/mol. The minimum Gasteiger partial charge on any atom is -0.508 e. The Labute approximate surface area is 120 Å². The number of benzene rings is 1. The first-order chi connectivity index (χ1) is 9.67. The van der Waals surface area contributed by atoms with E-state index in [4.69, 9.17) is 5.73 Å². The molecular formula is C16H24N2O2. The van der Waals surface area contributed by atoms with E-state index >= 15 is 0 Å². The van der Waals surface area contributed by atoms with Crippen LogP contribution in [0.2, 0.25) is 0 Å². The van der Waals surface area contributed by atoms with E-state index in [0.717, 1.165) is 24.9 Å². The molecule has 0 saturated heterocycles. The number of carbonyl (C=O) groups is 1. The molecule has 2 rings (SSSR count). The number of amides is 1. The maximum Gasteiger partial charge on any atom is 0.230 e. The molecule has 0 heterocycles. The van der Waals surface area contributed by atoms with Gasteiger partial charge in [0.2, 0.25) is 5.91 Å². The summed E-state index contributed by atoms with van der Waals surface area (Å²) in [6.45, 7) is 3.15. The van der Waals surface area contributed by atoms with Gasteiger partial charge >= 0.3 is 0 Å². The highest BCUT2D eigenvalue weighted by molar-refractivity contribution is 5.95. The van der Waals surface area contributed by atoms with Gasteiger partial charge in [0.1, 0.15) is 5.75 Å². The van der Waals surface area contributed by atoms with Crippen LogP contribution in [-0.4, -0.2) is 24.1 Å². The number of nitrogens with two attached hydrogens (primary N) is 1. The molecule has 1 aromatic carbocycles. The highest BCUT2D eigenvalue weighted by Crippen LogP contribution is 2.32. The first kappa shape index (κ1) is 14.9. The summed E-state index contributed by atoms with van der Waals surface area (Å²) in [5.74, 6) is 0.652. The Bertz CT molecular complexity index is 462. The minimum absolute atomic E-state index is 0.0241. The third kappa shape index (κ3) is 3.12. The van der Waals surface area contributed by atoms with Crippen LogP contribution < -0.4 is 10.6 Å². The second kappa shape index (κ2) is 6.75. The summed E-state index contributed by atoms with van der Waals surface area (Å²) in [5.41, 5.74) is 6.59. The van der Waals surface area contributed by atoms with Crippen molar-refractivity contribution in [2.75, 3.05) is 18.0 Å². The van der Waals surface area contributed by atoms with Gasteiger partial charge in [-0.2, -0.15) is 0 Å². The molecule has 1 aliphatic carbocycles. The van der Waals surface area contributed by atoms with Crippen molar-refractivity contribution in [2.24, 2.45) is 17.6 Å². The van der Waals surface area contributed by atoms with Crippen molar-refractivity contribution in [1.82, 2.24) is 0 Å². The number of aromatic hydroxyl groups is 1. The van der Waals surface area contributed by atoms with Crippen LogP contribution in [0.4, 0.5) is 5.69 Å². The molecule has 1 aliphatic rings. The van der Waals surface area contributed by atoms with Gasteiger partial charge in [-0.05, 0) is 44.4 Å². The average molecular weight is 276 g/mol. The first-order valence-electron chi connectivity index (χ1n) is 7.47. The molecule has 2 unspecified atom stereocenters. The third-order valence-corrected chi connectivity index (χ3v) is 4.25. The molecule has 0 aromatic heterocycles. The standard InChI is InChI=1S/C16H24N2O2/c1-2-18(13-7-5-8-14(19)10-13)16(20)15-9-4-3-6-12(15)11-17/h5,7-8,10,12,15,19H,2-4,6,9,11,17H2,1H3. The van der Waals surface area contributed by atoms with Crippen LogP contribution in [0.3, 0.4) is 0 Å². The first-order valence-corrected chi connectivity index (χ1v) is 7.47. The molecule has 2 atom stereocenters. The predicted octanol–water partition coefficient (Wildman–Crippen LogP) is 2.51. The zero-order chi connectivity index (χ0) is 14.5. The van der Waals surface area contributed by atoms with Crippen molar-refractivity contribution in [3.8, 4) is 5.75 Å². The van der Waals surface area contributed by atoms with Gasteiger partial charge < -0.3 is 15.7 Å². The lowest BCUT2D eigenvalue weighted by molar-refractivity contribution is -0.124. The van der Waals surface area contributed by atoms with Gasteiger partial charge in [0, 0.05) is 24.2 Å². The SMILES string of the molecule is CCN(C(=O)C1CCCCC1CN)c1cccc(O)c1. The van der Waals surface area contributed by atoms with Crippen LogP contribution in [0.25, 0.3) is 0 Å². The Morgan fingerprint density at radius 1 is 1.40 bits per heavy atom. The Hall–Kier alpha value is -1.55. The number of nitrogens with zero attached hydrogens (tertiary/aromatic N) is 1. The van der Waals surface area contributed by atoms with Crippen molar-refractivity contribution in [1.29, 1.82) is 0 Å². The van der Waals surface area contributed by atoms with Crippen molar-refractivity contribution < 1.29 is 9.90 Å². The molecule has 0 aliphatic heterocycles. The normalized spacial score (nSPS) is 22.5. The molecule has 3 N–H and O–H groups in total. The largest absolute Gasteiger partial charge is 0.508 e. The van der Waals surface area contributed by atoms with Crippen molar-refractivity contribution in [3.63, 3.8) is 0 Å². The molecular weight excluding hydrogens is 252 g/mol. The Kier molecular flexibility index (Phi) is 5.01. The van der Waals surface area contributed by atoms with Crippen LogP contribution in [-0.2, 0) is 4.79 Å². The van der Waals surface area contributed by atoms with E-state index in [0.29, 0.717) is 19.0 Å². The van der Waals surface area contributed by atoms with Crippen LogP contribution in [0.1, 0.15) is 32.6 Å². The Balaban J connectivity index is 2.20. The number of hydrogen-bond donors (Lipinski definition) is 2. The molecule has 20 heavy (non-hydrogen) atoms. The van der Waals surface area contributed by atoms with Gasteiger partial charge in [0.25, 0.3) is 0 Å². The van der Waals surface area contributed by atoms with Crippen molar-refractivity contribution in [3.05, 3.63) is 24.3 Å². The summed E-state index contributed by atoms with van der Waals surface area (Å²) in [5, 5.41) is 9.59. The van der Waals surface area contributed by atoms with Gasteiger partial charge in [-0.15, -0.1) is 0 Å². The minimum atomic E-state index is 0.0241. The number of hydrogen-bond acceptors (Lipinski definition) is 3. The highest BCUT2D eigenvalue weighted by atomic mass is 16.3.